The molecular formula is C14H11FN6. The Kier molecular flexibility index (Phi) is 3.15. The number of nitrogen functional groups attached to an aromatic ring is 1. The Bertz CT molecular complexity index is 796. The van der Waals surface area contributed by atoms with Crippen LogP contribution in [0.3, 0.4) is 0 Å². The fraction of sp³-hybridized carbons (Fsp3) is 0. The number of hydrogen-bond acceptors (Lipinski definition) is 4. The number of rotatable bonds is 3. The number of benzene rings is 2. The van der Waals surface area contributed by atoms with E-state index >= 15 is 0 Å². The molecule has 6 nitrogen and oxygen atoms in total. The van der Waals surface area contributed by atoms with Crippen LogP contribution >= 0.6 is 0 Å². The summed E-state index contributed by atoms with van der Waals surface area (Å²) < 4.78 is 14.0. The molecule has 0 bridgehead atoms. The standard InChI is InChI=1S/C14H11FN6/c15-11-8-10(13(16)17)6-7-12(11)21-19-14(18-20-21)9-4-2-1-3-5-9/h1-8H,(H3,16,17). The summed E-state index contributed by atoms with van der Waals surface area (Å²) in [5.41, 5.74) is 6.57. The molecular weight excluding hydrogens is 271 g/mol. The van der Waals surface area contributed by atoms with E-state index in [1.165, 1.54) is 18.2 Å². The Morgan fingerprint density at radius 2 is 1.90 bits per heavy atom. The van der Waals surface area contributed by atoms with Gasteiger partial charge in [-0.05, 0) is 23.4 Å². The number of amidine groups is 1. The molecule has 0 aliphatic heterocycles. The lowest BCUT2D eigenvalue weighted by molar-refractivity contribution is 0.591. The van der Waals surface area contributed by atoms with Crippen molar-refractivity contribution in [3.8, 4) is 17.1 Å². The molecule has 21 heavy (non-hydrogen) atoms. The van der Waals surface area contributed by atoms with E-state index in [2.05, 4.69) is 15.4 Å². The van der Waals surface area contributed by atoms with Crippen LogP contribution in [0.4, 0.5) is 4.39 Å². The molecule has 7 heteroatoms. The fourth-order valence-electron chi connectivity index (χ4n) is 1.86. The molecule has 3 N–H and O–H groups in total. The van der Waals surface area contributed by atoms with Crippen molar-refractivity contribution < 1.29 is 4.39 Å². The number of hydrogen-bond donors (Lipinski definition) is 2. The first-order valence-electron chi connectivity index (χ1n) is 6.15. The van der Waals surface area contributed by atoms with E-state index in [-0.39, 0.29) is 11.5 Å². The third-order valence-corrected chi connectivity index (χ3v) is 2.92. The summed E-state index contributed by atoms with van der Waals surface area (Å²) in [6.45, 7) is 0. The molecule has 0 saturated heterocycles. The average molecular weight is 282 g/mol. The molecule has 0 aliphatic rings. The van der Waals surface area contributed by atoms with Gasteiger partial charge in [0.05, 0.1) is 0 Å². The lowest BCUT2D eigenvalue weighted by Crippen LogP contribution is -2.12. The number of aromatic nitrogens is 4. The van der Waals surface area contributed by atoms with Gasteiger partial charge >= 0.3 is 0 Å². The van der Waals surface area contributed by atoms with Crippen LogP contribution in [0.5, 0.6) is 0 Å². The first-order valence-corrected chi connectivity index (χ1v) is 6.15. The Hall–Kier alpha value is -3.09. The Morgan fingerprint density at radius 3 is 2.57 bits per heavy atom. The zero-order chi connectivity index (χ0) is 14.8. The SMILES string of the molecule is N=C(N)c1ccc(-n2nnc(-c3ccccc3)n2)c(F)c1. The molecule has 1 aromatic heterocycles. The predicted octanol–water partition coefficient (Wildman–Crippen LogP) is 1.75. The van der Waals surface area contributed by atoms with E-state index < -0.39 is 5.82 Å². The first kappa shape index (κ1) is 12.9. The summed E-state index contributed by atoms with van der Waals surface area (Å²) in [6.07, 6.45) is 0. The summed E-state index contributed by atoms with van der Waals surface area (Å²) in [5, 5.41) is 19.2. The summed E-state index contributed by atoms with van der Waals surface area (Å²) >= 11 is 0. The van der Waals surface area contributed by atoms with Crippen LogP contribution in [0, 0.1) is 11.2 Å². The van der Waals surface area contributed by atoms with Crippen LogP contribution in [0.15, 0.2) is 48.5 Å². The topological polar surface area (TPSA) is 93.5 Å². The summed E-state index contributed by atoms with van der Waals surface area (Å²) in [5.74, 6) is -0.359. The van der Waals surface area contributed by atoms with E-state index in [1.54, 1.807) is 0 Å². The van der Waals surface area contributed by atoms with Crippen LogP contribution in [0.2, 0.25) is 0 Å². The van der Waals surface area contributed by atoms with Gasteiger partial charge < -0.3 is 5.73 Å². The van der Waals surface area contributed by atoms with Gasteiger partial charge in [-0.3, -0.25) is 5.41 Å². The smallest absolute Gasteiger partial charge is 0.205 e. The number of nitrogens with two attached hydrogens (primary N) is 1. The van der Waals surface area contributed by atoms with Crippen LogP contribution < -0.4 is 5.73 Å². The highest BCUT2D eigenvalue weighted by molar-refractivity contribution is 5.95. The van der Waals surface area contributed by atoms with Crippen molar-refractivity contribution in [3.63, 3.8) is 0 Å². The lowest BCUT2D eigenvalue weighted by Gasteiger charge is -2.03. The van der Waals surface area contributed by atoms with Crippen molar-refractivity contribution in [1.29, 1.82) is 5.41 Å². The molecule has 0 spiro atoms. The lowest BCUT2D eigenvalue weighted by atomic mass is 10.2. The zero-order valence-electron chi connectivity index (χ0n) is 10.9. The monoisotopic (exact) mass is 282 g/mol. The van der Waals surface area contributed by atoms with Gasteiger partial charge in [-0.2, -0.15) is 0 Å². The van der Waals surface area contributed by atoms with Crippen LogP contribution in [-0.2, 0) is 0 Å². The summed E-state index contributed by atoms with van der Waals surface area (Å²) in [7, 11) is 0. The minimum absolute atomic E-state index is 0.148. The van der Waals surface area contributed by atoms with Gasteiger partial charge in [0.25, 0.3) is 0 Å². The summed E-state index contributed by atoms with van der Waals surface area (Å²) in [6, 6.07) is 13.5. The number of nitrogens with zero attached hydrogens (tertiary/aromatic N) is 4. The maximum absolute atomic E-state index is 14.0. The largest absolute Gasteiger partial charge is 0.384 e. The molecule has 104 valence electrons. The van der Waals surface area contributed by atoms with Gasteiger partial charge in [-0.15, -0.1) is 15.0 Å². The van der Waals surface area contributed by atoms with Gasteiger partial charge in [0.15, 0.2) is 5.82 Å². The van der Waals surface area contributed by atoms with Crippen molar-refractivity contribution in [2.24, 2.45) is 5.73 Å². The Balaban J connectivity index is 1.99. The Morgan fingerprint density at radius 1 is 1.14 bits per heavy atom. The van der Waals surface area contributed by atoms with Crippen LogP contribution in [0.25, 0.3) is 17.1 Å². The maximum atomic E-state index is 14.0. The molecule has 0 saturated carbocycles. The maximum Gasteiger partial charge on any atom is 0.205 e. The molecule has 0 fully saturated rings. The normalized spacial score (nSPS) is 10.5. The molecule has 3 rings (SSSR count). The molecule has 0 unspecified atom stereocenters. The van der Waals surface area contributed by atoms with Crippen molar-refractivity contribution in [2.75, 3.05) is 0 Å². The second-order valence-corrected chi connectivity index (χ2v) is 4.35. The molecule has 0 amide bonds. The number of tetrazole rings is 1. The highest BCUT2D eigenvalue weighted by atomic mass is 19.1. The van der Waals surface area contributed by atoms with Gasteiger partial charge in [0, 0.05) is 11.1 Å². The predicted molar refractivity (Wildman–Crippen MR) is 75.6 cm³/mol. The number of nitrogens with one attached hydrogen (secondary N) is 1. The number of halogens is 1. The average Bonchev–Trinajstić information content (AvgIpc) is 2.97. The highest BCUT2D eigenvalue weighted by Gasteiger charge is 2.12. The van der Waals surface area contributed by atoms with E-state index in [4.69, 9.17) is 11.1 Å². The van der Waals surface area contributed by atoms with E-state index in [1.807, 2.05) is 30.3 Å². The van der Waals surface area contributed by atoms with Gasteiger partial charge in [-0.25, -0.2) is 4.39 Å². The van der Waals surface area contributed by atoms with Gasteiger partial charge in [-0.1, -0.05) is 30.3 Å². The van der Waals surface area contributed by atoms with Crippen molar-refractivity contribution in [2.45, 2.75) is 0 Å². The van der Waals surface area contributed by atoms with Crippen LogP contribution in [0.1, 0.15) is 5.56 Å². The van der Waals surface area contributed by atoms with Gasteiger partial charge in [0.2, 0.25) is 5.82 Å². The van der Waals surface area contributed by atoms with E-state index in [9.17, 15) is 4.39 Å². The second kappa shape index (κ2) is 5.12. The quantitative estimate of drug-likeness (QED) is 0.565. The minimum atomic E-state index is -0.570. The Labute approximate surface area is 119 Å². The molecule has 0 aliphatic carbocycles. The van der Waals surface area contributed by atoms with Crippen molar-refractivity contribution >= 4 is 5.84 Å². The summed E-state index contributed by atoms with van der Waals surface area (Å²) in [4.78, 5) is 1.11. The molecule has 2 aromatic carbocycles. The third kappa shape index (κ3) is 2.48. The van der Waals surface area contributed by atoms with E-state index in [0.717, 1.165) is 10.4 Å². The molecule has 0 radical (unpaired) electrons. The molecule has 0 atom stereocenters. The minimum Gasteiger partial charge on any atom is -0.384 e. The van der Waals surface area contributed by atoms with Crippen molar-refractivity contribution in [1.82, 2.24) is 20.2 Å². The fourth-order valence-corrected chi connectivity index (χ4v) is 1.86. The highest BCUT2D eigenvalue weighted by Crippen LogP contribution is 2.16. The zero-order valence-corrected chi connectivity index (χ0v) is 10.9. The van der Waals surface area contributed by atoms with E-state index in [0.29, 0.717) is 11.4 Å². The van der Waals surface area contributed by atoms with Crippen LogP contribution in [-0.4, -0.2) is 26.0 Å². The molecule has 1 heterocycles. The van der Waals surface area contributed by atoms with Crippen molar-refractivity contribution in [3.05, 3.63) is 59.9 Å². The van der Waals surface area contributed by atoms with Gasteiger partial charge in [0.1, 0.15) is 11.5 Å². The first-order chi connectivity index (χ1) is 10.1. The third-order valence-electron chi connectivity index (χ3n) is 2.92. The molecule has 3 aromatic rings. The second-order valence-electron chi connectivity index (χ2n) is 4.35.